The predicted molar refractivity (Wildman–Crippen MR) is 73.7 cm³/mol. The summed E-state index contributed by atoms with van der Waals surface area (Å²) >= 11 is 0. The van der Waals surface area contributed by atoms with Gasteiger partial charge in [-0.05, 0) is 51.3 Å². The number of aromatic nitrogens is 2. The molecule has 0 aliphatic heterocycles. The van der Waals surface area contributed by atoms with E-state index in [0.717, 1.165) is 43.8 Å². The van der Waals surface area contributed by atoms with Crippen molar-refractivity contribution in [1.29, 1.82) is 0 Å². The van der Waals surface area contributed by atoms with Crippen LogP contribution in [0.2, 0.25) is 0 Å². The first kappa shape index (κ1) is 15.1. The second kappa shape index (κ2) is 8.16. The molecule has 1 N–H and O–H groups in total. The maximum absolute atomic E-state index is 5.13. The van der Waals surface area contributed by atoms with Gasteiger partial charge in [-0.2, -0.15) is 10.2 Å². The average molecular weight is 251 g/mol. The quantitative estimate of drug-likeness (QED) is 0.721. The summed E-state index contributed by atoms with van der Waals surface area (Å²) in [5.74, 6) is 0. The third-order valence-corrected chi connectivity index (χ3v) is 3.00. The summed E-state index contributed by atoms with van der Waals surface area (Å²) in [4.78, 5) is 0. The SMILES string of the molecule is CCCNC(CCCOC)c1cc(C)nnc1C. The van der Waals surface area contributed by atoms with Crippen molar-refractivity contribution >= 4 is 0 Å². The fourth-order valence-corrected chi connectivity index (χ4v) is 2.04. The maximum atomic E-state index is 5.13. The number of rotatable bonds is 8. The summed E-state index contributed by atoms with van der Waals surface area (Å²) in [5, 5.41) is 11.9. The highest BCUT2D eigenvalue weighted by molar-refractivity contribution is 5.23. The van der Waals surface area contributed by atoms with Crippen LogP contribution in [0.3, 0.4) is 0 Å². The highest BCUT2D eigenvalue weighted by atomic mass is 16.5. The third-order valence-electron chi connectivity index (χ3n) is 3.00. The Kier molecular flexibility index (Phi) is 6.83. The lowest BCUT2D eigenvalue weighted by molar-refractivity contribution is 0.188. The molecule has 4 heteroatoms. The van der Waals surface area contributed by atoms with Crippen LogP contribution in [-0.2, 0) is 4.74 Å². The molecule has 0 saturated carbocycles. The number of hydrogen-bond acceptors (Lipinski definition) is 4. The molecule has 0 radical (unpaired) electrons. The minimum Gasteiger partial charge on any atom is -0.385 e. The number of nitrogens with one attached hydrogen (secondary N) is 1. The van der Waals surface area contributed by atoms with Crippen molar-refractivity contribution in [3.63, 3.8) is 0 Å². The second-order valence-electron chi connectivity index (χ2n) is 4.67. The van der Waals surface area contributed by atoms with Gasteiger partial charge in [0.2, 0.25) is 0 Å². The molecule has 0 bridgehead atoms. The van der Waals surface area contributed by atoms with Gasteiger partial charge in [0.25, 0.3) is 0 Å². The Morgan fingerprint density at radius 2 is 2.11 bits per heavy atom. The summed E-state index contributed by atoms with van der Waals surface area (Å²) in [6, 6.07) is 2.50. The van der Waals surface area contributed by atoms with Crippen molar-refractivity contribution in [2.24, 2.45) is 0 Å². The van der Waals surface area contributed by atoms with Crippen LogP contribution < -0.4 is 5.32 Å². The molecule has 4 nitrogen and oxygen atoms in total. The first-order valence-electron chi connectivity index (χ1n) is 6.72. The first-order chi connectivity index (χ1) is 8.69. The zero-order valence-electron chi connectivity index (χ0n) is 12.0. The Balaban J connectivity index is 2.75. The van der Waals surface area contributed by atoms with E-state index in [-0.39, 0.29) is 0 Å². The third kappa shape index (κ3) is 4.70. The molecule has 0 saturated heterocycles. The molecule has 18 heavy (non-hydrogen) atoms. The van der Waals surface area contributed by atoms with Crippen LogP contribution in [0.25, 0.3) is 0 Å². The smallest absolute Gasteiger partial charge is 0.0648 e. The number of hydrogen-bond donors (Lipinski definition) is 1. The van der Waals surface area contributed by atoms with Crippen LogP contribution in [-0.4, -0.2) is 30.5 Å². The summed E-state index contributed by atoms with van der Waals surface area (Å²) < 4.78 is 5.13. The van der Waals surface area contributed by atoms with Crippen LogP contribution in [0, 0.1) is 13.8 Å². The summed E-state index contributed by atoms with van der Waals surface area (Å²) in [6.07, 6.45) is 3.26. The maximum Gasteiger partial charge on any atom is 0.0648 e. The predicted octanol–water partition coefficient (Wildman–Crippen LogP) is 2.56. The van der Waals surface area contributed by atoms with E-state index in [9.17, 15) is 0 Å². The average Bonchev–Trinajstić information content (AvgIpc) is 2.37. The van der Waals surface area contributed by atoms with Crippen molar-refractivity contribution < 1.29 is 4.74 Å². The van der Waals surface area contributed by atoms with E-state index in [1.54, 1.807) is 7.11 Å². The van der Waals surface area contributed by atoms with Crippen LogP contribution in [0.5, 0.6) is 0 Å². The minimum absolute atomic E-state index is 0.356. The summed E-state index contributed by atoms with van der Waals surface area (Å²) in [7, 11) is 1.75. The Morgan fingerprint density at radius 3 is 2.78 bits per heavy atom. The lowest BCUT2D eigenvalue weighted by Crippen LogP contribution is -2.24. The summed E-state index contributed by atoms with van der Waals surface area (Å²) in [5.41, 5.74) is 3.27. The molecule has 0 fully saturated rings. The Morgan fingerprint density at radius 1 is 1.33 bits per heavy atom. The fourth-order valence-electron chi connectivity index (χ4n) is 2.04. The van der Waals surface area contributed by atoms with E-state index in [1.807, 2.05) is 13.8 Å². The molecule has 1 heterocycles. The number of aryl methyl sites for hydroxylation is 2. The van der Waals surface area contributed by atoms with Gasteiger partial charge in [-0.25, -0.2) is 0 Å². The standard InChI is InChI=1S/C14H25N3O/c1-5-8-15-14(7-6-9-18-4)13-10-11(2)16-17-12(13)3/h10,14-15H,5-9H2,1-4H3. The van der Waals surface area contributed by atoms with E-state index < -0.39 is 0 Å². The van der Waals surface area contributed by atoms with Gasteiger partial charge in [0, 0.05) is 19.8 Å². The minimum atomic E-state index is 0.356. The van der Waals surface area contributed by atoms with Crippen molar-refractivity contribution in [2.45, 2.75) is 46.1 Å². The van der Waals surface area contributed by atoms with Crippen molar-refractivity contribution in [2.75, 3.05) is 20.3 Å². The zero-order chi connectivity index (χ0) is 13.4. The van der Waals surface area contributed by atoms with Crippen LogP contribution in [0.15, 0.2) is 6.07 Å². The molecule has 1 atom stereocenters. The van der Waals surface area contributed by atoms with E-state index in [2.05, 4.69) is 28.5 Å². The highest BCUT2D eigenvalue weighted by Crippen LogP contribution is 2.21. The van der Waals surface area contributed by atoms with E-state index in [4.69, 9.17) is 4.74 Å². The molecular weight excluding hydrogens is 226 g/mol. The van der Waals surface area contributed by atoms with Gasteiger partial charge in [-0.15, -0.1) is 0 Å². The molecule has 0 aromatic carbocycles. The topological polar surface area (TPSA) is 47.0 Å². The monoisotopic (exact) mass is 251 g/mol. The Labute approximate surface area is 110 Å². The molecule has 0 aliphatic rings. The van der Waals surface area contributed by atoms with Crippen LogP contribution in [0.1, 0.15) is 49.2 Å². The summed E-state index contributed by atoms with van der Waals surface area (Å²) in [6.45, 7) is 8.03. The Bertz CT molecular complexity index is 355. The van der Waals surface area contributed by atoms with Gasteiger partial charge in [-0.3, -0.25) is 0 Å². The van der Waals surface area contributed by atoms with Gasteiger partial charge < -0.3 is 10.1 Å². The van der Waals surface area contributed by atoms with Gasteiger partial charge >= 0.3 is 0 Å². The number of nitrogens with zero attached hydrogens (tertiary/aromatic N) is 2. The first-order valence-corrected chi connectivity index (χ1v) is 6.72. The van der Waals surface area contributed by atoms with Gasteiger partial charge in [0.1, 0.15) is 0 Å². The normalized spacial score (nSPS) is 12.7. The molecule has 0 spiro atoms. The second-order valence-corrected chi connectivity index (χ2v) is 4.67. The van der Waals surface area contributed by atoms with Crippen molar-refractivity contribution in [3.8, 4) is 0 Å². The lowest BCUT2D eigenvalue weighted by atomic mass is 10.0. The molecule has 102 valence electrons. The molecule has 1 unspecified atom stereocenters. The zero-order valence-corrected chi connectivity index (χ0v) is 12.0. The van der Waals surface area contributed by atoms with Gasteiger partial charge in [0.05, 0.1) is 11.4 Å². The molecular formula is C14H25N3O. The molecule has 1 aromatic rings. The van der Waals surface area contributed by atoms with Crippen molar-refractivity contribution in [3.05, 3.63) is 23.0 Å². The molecule has 1 rings (SSSR count). The van der Waals surface area contributed by atoms with Gasteiger partial charge in [-0.1, -0.05) is 6.92 Å². The van der Waals surface area contributed by atoms with E-state index >= 15 is 0 Å². The number of ether oxygens (including phenoxy) is 1. The van der Waals surface area contributed by atoms with Crippen molar-refractivity contribution in [1.82, 2.24) is 15.5 Å². The molecule has 1 aromatic heterocycles. The van der Waals surface area contributed by atoms with E-state index in [1.165, 1.54) is 5.56 Å². The Hall–Kier alpha value is -1.00. The fraction of sp³-hybridized carbons (Fsp3) is 0.714. The molecule has 0 amide bonds. The lowest BCUT2D eigenvalue weighted by Gasteiger charge is -2.20. The number of methoxy groups -OCH3 is 1. The van der Waals surface area contributed by atoms with Gasteiger partial charge in [0.15, 0.2) is 0 Å². The largest absolute Gasteiger partial charge is 0.385 e. The molecule has 0 aliphatic carbocycles. The van der Waals surface area contributed by atoms with Crippen LogP contribution >= 0.6 is 0 Å². The van der Waals surface area contributed by atoms with Crippen LogP contribution in [0.4, 0.5) is 0 Å². The highest BCUT2D eigenvalue weighted by Gasteiger charge is 2.14. The van der Waals surface area contributed by atoms with E-state index in [0.29, 0.717) is 6.04 Å².